The molecule has 206 valence electrons. The number of anilines is 1. The van der Waals surface area contributed by atoms with Crippen LogP contribution in [-0.2, 0) is 11.3 Å². The van der Waals surface area contributed by atoms with Crippen molar-refractivity contribution in [3.63, 3.8) is 0 Å². The van der Waals surface area contributed by atoms with E-state index in [1.54, 1.807) is 32.0 Å². The summed E-state index contributed by atoms with van der Waals surface area (Å²) in [5, 5.41) is 25.1. The van der Waals surface area contributed by atoms with Crippen LogP contribution in [0.4, 0.5) is 10.3 Å². The fourth-order valence-electron chi connectivity index (χ4n) is 4.26. The molecule has 0 saturated heterocycles. The lowest BCUT2D eigenvalue weighted by Gasteiger charge is -2.26. The third kappa shape index (κ3) is 6.11. The number of carbonyl (C=O) groups excluding carboxylic acids is 2. The second kappa shape index (κ2) is 11.9. The Morgan fingerprint density at radius 3 is 2.67 bits per heavy atom. The molecule has 10 nitrogen and oxygen atoms in total. The summed E-state index contributed by atoms with van der Waals surface area (Å²) in [6.45, 7) is 2.98. The van der Waals surface area contributed by atoms with Gasteiger partial charge in [0.25, 0.3) is 5.91 Å². The number of carbonyl (C=O) groups is 2. The van der Waals surface area contributed by atoms with Crippen LogP contribution in [0.1, 0.15) is 41.4 Å². The molecule has 0 spiro atoms. The van der Waals surface area contributed by atoms with E-state index in [-0.39, 0.29) is 41.8 Å². The summed E-state index contributed by atoms with van der Waals surface area (Å²) in [5.41, 5.74) is 2.48. The second-order valence-corrected chi connectivity index (χ2v) is 9.67. The number of aliphatic hydroxyl groups is 2. The van der Waals surface area contributed by atoms with E-state index in [0.29, 0.717) is 22.4 Å². The molecule has 2 aromatic carbocycles. The summed E-state index contributed by atoms with van der Waals surface area (Å²) in [4.78, 5) is 36.4. The first-order valence-electron chi connectivity index (χ1n) is 12.2. The fraction of sp³-hybridized carbons (Fsp3) is 0.333. The standard InChI is InChI=1S/C27H29ClFN5O5/c1-14(12-35)31-27-30-10-22(28)24(33-27)16-4-5-17-11-34(26(38)21(17)8-16)15(2)25(37)32-23(13-36)18-6-19(29)9-20(7-18)39-3/h4-10,14-15,23,35-36H,11-13H2,1-3H3,(H,32,37)(H,30,31,33)/t14-,15-,23-/m1/s1. The lowest BCUT2D eigenvalue weighted by Crippen LogP contribution is -2.46. The van der Waals surface area contributed by atoms with E-state index in [1.807, 2.05) is 0 Å². The normalized spacial score (nSPS) is 14.9. The van der Waals surface area contributed by atoms with Crippen LogP contribution >= 0.6 is 11.6 Å². The van der Waals surface area contributed by atoms with Gasteiger partial charge in [0.15, 0.2) is 0 Å². The SMILES string of the molecule is COc1cc(F)cc([C@@H](CO)NC(=O)[C@@H](C)N2Cc3ccc(-c4nc(N[C@H](C)CO)ncc4Cl)cc3C2=O)c1. The molecule has 0 aliphatic carbocycles. The van der Waals surface area contributed by atoms with Crippen LogP contribution < -0.4 is 15.4 Å². The third-order valence-electron chi connectivity index (χ3n) is 6.49. The van der Waals surface area contributed by atoms with Gasteiger partial charge in [0, 0.05) is 29.8 Å². The van der Waals surface area contributed by atoms with Gasteiger partial charge in [-0.2, -0.15) is 0 Å². The lowest BCUT2D eigenvalue weighted by atomic mass is 10.0. The van der Waals surface area contributed by atoms with Crippen molar-refractivity contribution in [1.29, 1.82) is 0 Å². The van der Waals surface area contributed by atoms with Crippen LogP contribution in [0, 0.1) is 5.82 Å². The quantitative estimate of drug-likeness (QED) is 0.299. The largest absolute Gasteiger partial charge is 0.497 e. The fourth-order valence-corrected chi connectivity index (χ4v) is 4.46. The van der Waals surface area contributed by atoms with Gasteiger partial charge in [-0.3, -0.25) is 9.59 Å². The number of methoxy groups -OCH3 is 1. The molecule has 0 fully saturated rings. The average molecular weight is 558 g/mol. The van der Waals surface area contributed by atoms with E-state index in [2.05, 4.69) is 20.6 Å². The zero-order chi connectivity index (χ0) is 28.3. The number of benzene rings is 2. The highest BCUT2D eigenvalue weighted by Crippen LogP contribution is 2.32. The number of ether oxygens (including phenoxy) is 1. The smallest absolute Gasteiger partial charge is 0.255 e. The number of nitrogens with one attached hydrogen (secondary N) is 2. The van der Waals surface area contributed by atoms with Gasteiger partial charge in [0.1, 0.15) is 17.6 Å². The Hall–Kier alpha value is -3.80. The Morgan fingerprint density at radius 2 is 1.97 bits per heavy atom. The maximum atomic E-state index is 14.0. The average Bonchev–Trinajstić information content (AvgIpc) is 3.27. The second-order valence-electron chi connectivity index (χ2n) is 9.27. The van der Waals surface area contributed by atoms with Gasteiger partial charge < -0.3 is 30.5 Å². The zero-order valence-electron chi connectivity index (χ0n) is 21.6. The molecule has 4 N–H and O–H groups in total. The van der Waals surface area contributed by atoms with Gasteiger partial charge in [0.05, 0.1) is 43.3 Å². The molecule has 2 amide bonds. The molecule has 0 radical (unpaired) electrons. The van der Waals surface area contributed by atoms with E-state index < -0.39 is 30.4 Å². The molecule has 3 atom stereocenters. The molecule has 2 heterocycles. The van der Waals surface area contributed by atoms with Crippen molar-refractivity contribution in [3.05, 3.63) is 70.1 Å². The van der Waals surface area contributed by atoms with Crippen LogP contribution in [0.5, 0.6) is 5.75 Å². The maximum absolute atomic E-state index is 14.0. The molecular formula is C27H29ClFN5O5. The first-order chi connectivity index (χ1) is 18.6. The highest BCUT2D eigenvalue weighted by molar-refractivity contribution is 6.33. The first-order valence-corrected chi connectivity index (χ1v) is 12.6. The van der Waals surface area contributed by atoms with E-state index >= 15 is 0 Å². The van der Waals surface area contributed by atoms with Crippen LogP contribution in [0.25, 0.3) is 11.3 Å². The third-order valence-corrected chi connectivity index (χ3v) is 6.76. The predicted molar refractivity (Wildman–Crippen MR) is 143 cm³/mol. The highest BCUT2D eigenvalue weighted by Gasteiger charge is 2.35. The van der Waals surface area contributed by atoms with Crippen molar-refractivity contribution in [2.24, 2.45) is 0 Å². The van der Waals surface area contributed by atoms with Crippen molar-refractivity contribution in [1.82, 2.24) is 20.2 Å². The summed E-state index contributed by atoms with van der Waals surface area (Å²) in [6.07, 6.45) is 1.44. The molecule has 12 heteroatoms. The van der Waals surface area contributed by atoms with E-state index in [4.69, 9.17) is 16.3 Å². The number of hydrogen-bond acceptors (Lipinski definition) is 8. The molecule has 4 rings (SSSR count). The number of fused-ring (bicyclic) bond motifs is 1. The molecule has 0 saturated carbocycles. The minimum absolute atomic E-state index is 0.105. The van der Waals surface area contributed by atoms with Gasteiger partial charge in [-0.1, -0.05) is 23.7 Å². The monoisotopic (exact) mass is 557 g/mol. The minimum atomic E-state index is -0.896. The number of rotatable bonds is 10. The van der Waals surface area contributed by atoms with Crippen molar-refractivity contribution in [3.8, 4) is 17.0 Å². The van der Waals surface area contributed by atoms with Crippen LogP contribution in [0.2, 0.25) is 5.02 Å². The van der Waals surface area contributed by atoms with Crippen molar-refractivity contribution in [2.75, 3.05) is 25.6 Å². The van der Waals surface area contributed by atoms with E-state index in [9.17, 15) is 24.2 Å². The molecule has 3 aromatic rings. The first kappa shape index (κ1) is 28.2. The molecule has 39 heavy (non-hydrogen) atoms. The maximum Gasteiger partial charge on any atom is 0.255 e. The summed E-state index contributed by atoms with van der Waals surface area (Å²) in [5.74, 6) is -0.892. The van der Waals surface area contributed by atoms with Crippen molar-refractivity contribution < 1.29 is 28.9 Å². The summed E-state index contributed by atoms with van der Waals surface area (Å²) in [6, 6.07) is 7.12. The highest BCUT2D eigenvalue weighted by atomic mass is 35.5. The zero-order valence-corrected chi connectivity index (χ0v) is 22.4. The molecule has 1 aromatic heterocycles. The summed E-state index contributed by atoms with van der Waals surface area (Å²) in [7, 11) is 1.39. The van der Waals surface area contributed by atoms with Gasteiger partial charge in [0.2, 0.25) is 11.9 Å². The number of amides is 2. The van der Waals surface area contributed by atoms with Crippen LogP contribution in [-0.4, -0.2) is 69.3 Å². The van der Waals surface area contributed by atoms with Gasteiger partial charge in [-0.15, -0.1) is 0 Å². The number of halogens is 2. The van der Waals surface area contributed by atoms with Crippen LogP contribution in [0.15, 0.2) is 42.6 Å². The van der Waals surface area contributed by atoms with Gasteiger partial charge in [-0.25, -0.2) is 14.4 Å². The summed E-state index contributed by atoms with van der Waals surface area (Å²) >= 11 is 6.35. The van der Waals surface area contributed by atoms with Crippen molar-refractivity contribution >= 4 is 29.4 Å². The number of hydrogen-bond donors (Lipinski definition) is 4. The molecule has 1 aliphatic rings. The van der Waals surface area contributed by atoms with E-state index in [1.165, 1.54) is 36.4 Å². The molecule has 0 bridgehead atoms. The topological polar surface area (TPSA) is 137 Å². The number of aliphatic hydroxyl groups excluding tert-OH is 2. The minimum Gasteiger partial charge on any atom is -0.497 e. The molecular weight excluding hydrogens is 529 g/mol. The Balaban J connectivity index is 1.52. The number of nitrogens with zero attached hydrogens (tertiary/aromatic N) is 3. The number of aromatic nitrogens is 2. The van der Waals surface area contributed by atoms with Crippen LogP contribution in [0.3, 0.4) is 0 Å². The van der Waals surface area contributed by atoms with Gasteiger partial charge in [-0.05, 0) is 43.2 Å². The molecule has 1 aliphatic heterocycles. The Kier molecular flexibility index (Phi) is 8.63. The lowest BCUT2D eigenvalue weighted by molar-refractivity contribution is -0.126. The Morgan fingerprint density at radius 1 is 1.21 bits per heavy atom. The van der Waals surface area contributed by atoms with Gasteiger partial charge >= 0.3 is 0 Å². The van der Waals surface area contributed by atoms with Crippen molar-refractivity contribution in [2.45, 2.75) is 38.5 Å². The Labute approximate surface area is 229 Å². The molecule has 0 unspecified atom stereocenters. The Bertz CT molecular complexity index is 1390. The summed E-state index contributed by atoms with van der Waals surface area (Å²) < 4.78 is 19.0. The van der Waals surface area contributed by atoms with E-state index in [0.717, 1.165) is 5.56 Å². The predicted octanol–water partition coefficient (Wildman–Crippen LogP) is 2.93.